The Morgan fingerprint density at radius 2 is 1.65 bits per heavy atom. The normalized spacial score (nSPS) is 17.0. The number of fused-ring (bicyclic) bond motifs is 1. The second kappa shape index (κ2) is 6.67. The second-order valence-corrected chi connectivity index (χ2v) is 10.9. The lowest BCUT2D eigenvalue weighted by molar-refractivity contribution is -0.838. The van der Waals surface area contributed by atoms with Crippen molar-refractivity contribution in [2.75, 3.05) is 14.1 Å². The van der Waals surface area contributed by atoms with Gasteiger partial charge in [-0.3, -0.25) is 0 Å². The first kappa shape index (κ1) is 18.9. The molecular weight excluding hydrogens is 341 g/mol. The van der Waals surface area contributed by atoms with Gasteiger partial charge < -0.3 is 8.61 Å². The molecule has 0 amide bonds. The van der Waals surface area contributed by atoms with Crippen LogP contribution in [0.15, 0.2) is 54.1 Å². The predicted octanol–water partition coefficient (Wildman–Crippen LogP) is 4.88. The molecular formula is C22H27FNOSi+. The van der Waals surface area contributed by atoms with Crippen LogP contribution in [0.25, 0.3) is 6.08 Å². The van der Waals surface area contributed by atoms with Crippen LogP contribution in [0.4, 0.5) is 4.39 Å². The lowest BCUT2D eigenvalue weighted by Gasteiger charge is -2.42. The molecule has 1 aliphatic rings. The Morgan fingerprint density at radius 1 is 1.04 bits per heavy atom. The summed E-state index contributed by atoms with van der Waals surface area (Å²) in [7, 11) is 2.09. The van der Waals surface area contributed by atoms with E-state index < -0.39 is 8.84 Å². The van der Waals surface area contributed by atoms with Gasteiger partial charge in [-0.2, -0.15) is 0 Å². The van der Waals surface area contributed by atoms with Gasteiger partial charge in [-0.25, -0.2) is 4.39 Å². The van der Waals surface area contributed by atoms with Crippen LogP contribution >= 0.6 is 0 Å². The molecule has 0 heterocycles. The summed E-state index contributed by atoms with van der Waals surface area (Å²) in [6.45, 7) is 6.42. The number of nitrogens with zero attached hydrogens (tertiary/aromatic N) is 1. The molecule has 0 bridgehead atoms. The maximum Gasteiger partial charge on any atom is 0.565 e. The third kappa shape index (κ3) is 3.36. The lowest BCUT2D eigenvalue weighted by Crippen LogP contribution is -2.61. The summed E-state index contributed by atoms with van der Waals surface area (Å²) >= 11 is 0. The van der Waals surface area contributed by atoms with Crippen LogP contribution in [0.2, 0.25) is 0 Å². The minimum atomic E-state index is -2.04. The highest BCUT2D eigenvalue weighted by Gasteiger charge is 2.49. The average molecular weight is 369 g/mol. The summed E-state index contributed by atoms with van der Waals surface area (Å²) in [4.78, 5) is 0. The summed E-state index contributed by atoms with van der Waals surface area (Å²) in [6, 6.07) is 14.8. The quantitative estimate of drug-likeness (QED) is 0.703. The molecule has 0 fully saturated rings. The Labute approximate surface area is 157 Å². The van der Waals surface area contributed by atoms with E-state index >= 15 is 0 Å². The van der Waals surface area contributed by atoms with Gasteiger partial charge in [-0.15, -0.1) is 0 Å². The van der Waals surface area contributed by atoms with Gasteiger partial charge in [0.2, 0.25) is 0 Å². The van der Waals surface area contributed by atoms with Crippen LogP contribution in [-0.4, -0.2) is 32.6 Å². The zero-order valence-corrected chi connectivity index (χ0v) is 17.2. The molecule has 1 unspecified atom stereocenters. The van der Waals surface area contributed by atoms with Crippen molar-refractivity contribution in [3.63, 3.8) is 0 Å². The molecule has 0 spiro atoms. The minimum Gasteiger partial charge on any atom is -0.328 e. The molecule has 4 heteroatoms. The molecule has 1 aliphatic carbocycles. The molecule has 0 aromatic heterocycles. The highest BCUT2D eigenvalue weighted by Crippen LogP contribution is 2.40. The fourth-order valence-corrected chi connectivity index (χ4v) is 5.66. The third-order valence-corrected chi connectivity index (χ3v) is 8.76. The fourth-order valence-electron chi connectivity index (χ4n) is 3.32. The molecule has 136 valence electrons. The summed E-state index contributed by atoms with van der Waals surface area (Å²) in [5.41, 5.74) is 4.33. The average Bonchev–Trinajstić information content (AvgIpc) is 2.93. The van der Waals surface area contributed by atoms with E-state index in [0.717, 1.165) is 22.3 Å². The molecule has 3 rings (SSSR count). The molecule has 0 radical (unpaired) electrons. The summed E-state index contributed by atoms with van der Waals surface area (Å²) in [6.07, 6.45) is 2.87. The molecule has 1 atom stereocenters. The van der Waals surface area contributed by atoms with Gasteiger partial charge in [0, 0.05) is 0 Å². The predicted molar refractivity (Wildman–Crippen MR) is 106 cm³/mol. The Kier molecular flexibility index (Phi) is 4.84. The number of quaternary nitrogens is 1. The highest BCUT2D eigenvalue weighted by atomic mass is 28.3. The molecule has 0 saturated heterocycles. The van der Waals surface area contributed by atoms with Crippen molar-refractivity contribution in [1.82, 2.24) is 0 Å². The van der Waals surface area contributed by atoms with Crippen molar-refractivity contribution in [1.29, 1.82) is 0 Å². The molecule has 0 aliphatic heterocycles. The van der Waals surface area contributed by atoms with E-state index in [1.807, 2.05) is 24.3 Å². The second-order valence-electron chi connectivity index (χ2n) is 8.55. The van der Waals surface area contributed by atoms with Crippen molar-refractivity contribution in [3.05, 3.63) is 76.6 Å². The Bertz CT molecular complexity index is 862. The maximum absolute atomic E-state index is 13.8. The third-order valence-electron chi connectivity index (χ3n) is 5.82. The lowest BCUT2D eigenvalue weighted by atomic mass is 10.0. The van der Waals surface area contributed by atoms with Gasteiger partial charge in [0.15, 0.2) is 0 Å². The molecule has 0 saturated carbocycles. The van der Waals surface area contributed by atoms with Crippen molar-refractivity contribution >= 4 is 14.9 Å². The van der Waals surface area contributed by atoms with Crippen LogP contribution in [0, 0.1) is 5.82 Å². The van der Waals surface area contributed by atoms with Gasteiger partial charge in [0.25, 0.3) is 0 Å². The van der Waals surface area contributed by atoms with Crippen molar-refractivity contribution < 1.29 is 13.0 Å². The van der Waals surface area contributed by atoms with Crippen LogP contribution in [0.3, 0.4) is 0 Å². The summed E-state index contributed by atoms with van der Waals surface area (Å²) in [5, 5.41) is 0. The molecule has 26 heavy (non-hydrogen) atoms. The number of hydrogen-bond acceptors (Lipinski definition) is 1. The Balaban J connectivity index is 2.00. The first-order valence-corrected chi connectivity index (χ1v) is 10.5. The van der Waals surface area contributed by atoms with E-state index in [-0.39, 0.29) is 16.9 Å². The fraction of sp³-hybridized carbons (Fsp3) is 0.364. The van der Waals surface area contributed by atoms with Gasteiger partial charge in [-0.1, -0.05) is 42.5 Å². The largest absolute Gasteiger partial charge is 0.565 e. The minimum absolute atomic E-state index is 0.0736. The Morgan fingerprint density at radius 3 is 2.27 bits per heavy atom. The first-order chi connectivity index (χ1) is 12.1. The molecule has 0 N–H and O–H groups in total. The zero-order valence-electron chi connectivity index (χ0n) is 16.2. The van der Waals surface area contributed by atoms with E-state index in [4.69, 9.17) is 0 Å². The van der Waals surface area contributed by atoms with Crippen LogP contribution in [0.1, 0.15) is 43.0 Å². The van der Waals surface area contributed by atoms with E-state index in [2.05, 4.69) is 53.1 Å². The van der Waals surface area contributed by atoms with Gasteiger partial charge in [0.1, 0.15) is 11.4 Å². The van der Waals surface area contributed by atoms with Crippen molar-refractivity contribution in [2.45, 2.75) is 38.3 Å². The van der Waals surface area contributed by atoms with E-state index in [9.17, 15) is 8.85 Å². The number of allylic oxidation sites excluding steroid dienone is 1. The van der Waals surface area contributed by atoms with Crippen LogP contribution in [0.5, 0.6) is 0 Å². The smallest absolute Gasteiger partial charge is 0.328 e. The van der Waals surface area contributed by atoms with Crippen molar-refractivity contribution in [3.8, 4) is 0 Å². The standard InChI is InChI=1S/C22H27FNOSi/c1-22(2,3)24(4,5)26(25)21-18(14-16-10-12-19(23)13-11-16)15-17-8-6-7-9-20(17)21/h6-13,15,21H,14H2,1-5H3/q+1. The zero-order chi connectivity index (χ0) is 19.1. The Hall–Kier alpha value is -1.91. The summed E-state index contributed by atoms with van der Waals surface area (Å²) < 4.78 is 27.5. The maximum atomic E-state index is 13.8. The molecule has 2 aromatic carbocycles. The van der Waals surface area contributed by atoms with E-state index in [1.54, 1.807) is 0 Å². The van der Waals surface area contributed by atoms with Gasteiger partial charge in [-0.05, 0) is 61.6 Å². The van der Waals surface area contributed by atoms with Crippen molar-refractivity contribution in [2.24, 2.45) is 0 Å². The monoisotopic (exact) mass is 368 g/mol. The number of hydrogen-bond donors (Lipinski definition) is 0. The molecule has 2 aromatic rings. The summed E-state index contributed by atoms with van der Waals surface area (Å²) in [5.74, 6) is -0.229. The van der Waals surface area contributed by atoms with Gasteiger partial charge >= 0.3 is 8.84 Å². The highest BCUT2D eigenvalue weighted by molar-refractivity contribution is 6.38. The van der Waals surface area contributed by atoms with Gasteiger partial charge in [0.05, 0.1) is 19.6 Å². The van der Waals surface area contributed by atoms with E-state index in [0.29, 0.717) is 10.6 Å². The topological polar surface area (TPSA) is 17.1 Å². The molecule has 2 nitrogen and oxygen atoms in total. The number of halogens is 1. The first-order valence-electron chi connectivity index (χ1n) is 9.03. The van der Waals surface area contributed by atoms with E-state index in [1.165, 1.54) is 12.1 Å². The van der Waals surface area contributed by atoms with Crippen LogP contribution < -0.4 is 0 Å². The number of benzene rings is 2. The SMILES string of the molecule is CC(C)(C)[N+](C)(C)[Si](=O)C1C(Cc2ccc(F)cc2)=Cc2ccccc21. The van der Waals surface area contributed by atoms with Crippen LogP contribution in [-0.2, 0) is 10.9 Å². The number of rotatable bonds is 4.